The lowest BCUT2D eigenvalue weighted by Crippen LogP contribution is -2.37. The highest BCUT2D eigenvalue weighted by molar-refractivity contribution is 7.47. The molecule has 0 bridgehead atoms. The summed E-state index contributed by atoms with van der Waals surface area (Å²) in [6.07, 6.45) is 69.7. The van der Waals surface area contributed by atoms with E-state index in [9.17, 15) is 19.0 Å². The van der Waals surface area contributed by atoms with E-state index in [4.69, 9.17) is 18.5 Å². The van der Waals surface area contributed by atoms with Gasteiger partial charge in [0.15, 0.2) is 6.10 Å². The third-order valence-electron chi connectivity index (χ3n) is 12.7. The Hall–Kier alpha value is -2.55. The van der Waals surface area contributed by atoms with Crippen LogP contribution in [0.5, 0.6) is 0 Å². The zero-order chi connectivity index (χ0) is 52.7. The highest BCUT2D eigenvalue weighted by Gasteiger charge is 2.27. The van der Waals surface area contributed by atoms with Crippen LogP contribution in [0.15, 0.2) is 72.9 Å². The molecule has 10 heteroatoms. The SMILES string of the molecule is CC/C=C\C/C=C\C/C=C\C/C=C\C/C=C\CCCCCCCCCCCCCCCC(=O)OC(COC(=O)CCCCCCCCCCC/C=C\CCCCCCCC)COP(=O)(O)OCC[N+](C)(C)C. The molecule has 0 aromatic rings. The molecule has 9 nitrogen and oxygen atoms in total. The van der Waals surface area contributed by atoms with Crippen molar-refractivity contribution < 1.29 is 42.1 Å². The van der Waals surface area contributed by atoms with Crippen LogP contribution in [-0.2, 0) is 32.7 Å². The molecular weight excluding hydrogens is 918 g/mol. The number of hydrogen-bond acceptors (Lipinski definition) is 7. The second kappa shape index (κ2) is 53.3. The summed E-state index contributed by atoms with van der Waals surface area (Å²) in [7, 11) is 1.48. The van der Waals surface area contributed by atoms with Gasteiger partial charge in [-0.2, -0.15) is 0 Å². The van der Waals surface area contributed by atoms with Crippen molar-refractivity contribution in [2.45, 2.75) is 264 Å². The molecule has 0 heterocycles. The highest BCUT2D eigenvalue weighted by Crippen LogP contribution is 2.43. The normalized spacial score (nSPS) is 13.8. The Morgan fingerprint density at radius 3 is 1.19 bits per heavy atom. The van der Waals surface area contributed by atoms with Gasteiger partial charge in [0.05, 0.1) is 27.7 Å². The second-order valence-electron chi connectivity index (χ2n) is 21.0. The number of nitrogens with zero attached hydrogens (tertiary/aromatic N) is 1. The molecule has 0 fully saturated rings. The van der Waals surface area contributed by atoms with Gasteiger partial charge in [-0.3, -0.25) is 18.6 Å². The minimum atomic E-state index is -4.39. The van der Waals surface area contributed by atoms with E-state index in [0.717, 1.165) is 70.6 Å². The molecule has 0 aliphatic carbocycles. The van der Waals surface area contributed by atoms with E-state index in [-0.39, 0.29) is 32.0 Å². The Kier molecular flexibility index (Phi) is 51.4. The smallest absolute Gasteiger partial charge is 0.462 e. The van der Waals surface area contributed by atoms with Gasteiger partial charge >= 0.3 is 19.8 Å². The minimum absolute atomic E-state index is 0.0296. The van der Waals surface area contributed by atoms with Crippen molar-refractivity contribution in [3.63, 3.8) is 0 Å². The number of likely N-dealkylation sites (N-methyl/N-ethyl adjacent to an activating group) is 1. The number of rotatable bonds is 54. The predicted molar refractivity (Wildman–Crippen MR) is 307 cm³/mol. The average Bonchev–Trinajstić information content (AvgIpc) is 3.34. The Bertz CT molecular complexity index is 1450. The number of allylic oxidation sites excluding steroid dienone is 12. The molecule has 1 N–H and O–H groups in total. The molecule has 0 aliphatic heterocycles. The molecule has 0 amide bonds. The number of ether oxygens (including phenoxy) is 2. The number of quaternary nitrogens is 1. The van der Waals surface area contributed by atoms with Crippen molar-refractivity contribution in [3.8, 4) is 0 Å². The third-order valence-corrected chi connectivity index (χ3v) is 13.7. The number of carbonyl (C=O) groups is 2. The van der Waals surface area contributed by atoms with Gasteiger partial charge in [0, 0.05) is 12.8 Å². The molecule has 0 aromatic carbocycles. The number of hydrogen-bond donors (Lipinski definition) is 1. The fourth-order valence-corrected chi connectivity index (χ4v) is 8.90. The largest absolute Gasteiger partial charge is 0.472 e. The first-order chi connectivity index (χ1) is 35.0. The Labute approximate surface area is 444 Å². The van der Waals surface area contributed by atoms with E-state index in [1.165, 1.54) is 154 Å². The lowest BCUT2D eigenvalue weighted by atomic mass is 10.0. The van der Waals surface area contributed by atoms with Crippen LogP contribution in [0, 0.1) is 0 Å². The average molecular weight is 1030 g/mol. The zero-order valence-corrected chi connectivity index (χ0v) is 48.3. The van der Waals surface area contributed by atoms with Gasteiger partial charge < -0.3 is 18.9 Å². The number of phosphoric acid groups is 1. The molecule has 0 saturated carbocycles. The van der Waals surface area contributed by atoms with Crippen LogP contribution in [0.1, 0.15) is 258 Å². The molecule has 0 aromatic heterocycles. The third kappa shape index (κ3) is 56.7. The lowest BCUT2D eigenvalue weighted by molar-refractivity contribution is -0.870. The fraction of sp³-hybridized carbons (Fsp3) is 0.774. The van der Waals surface area contributed by atoms with E-state index >= 15 is 0 Å². The van der Waals surface area contributed by atoms with Crippen LogP contribution < -0.4 is 0 Å². The zero-order valence-electron chi connectivity index (χ0n) is 47.4. The van der Waals surface area contributed by atoms with E-state index in [2.05, 4.69) is 86.8 Å². The molecule has 0 aliphatic rings. The van der Waals surface area contributed by atoms with Gasteiger partial charge in [0.1, 0.15) is 19.8 Å². The molecule has 2 atom stereocenters. The summed E-state index contributed by atoms with van der Waals surface area (Å²) in [4.78, 5) is 35.7. The van der Waals surface area contributed by atoms with E-state index in [1.54, 1.807) is 0 Å². The summed E-state index contributed by atoms with van der Waals surface area (Å²) >= 11 is 0. The molecule has 0 saturated heterocycles. The first kappa shape index (κ1) is 69.5. The quantitative estimate of drug-likeness (QED) is 0.0211. The van der Waals surface area contributed by atoms with E-state index in [1.807, 2.05) is 21.1 Å². The van der Waals surface area contributed by atoms with Crippen LogP contribution in [0.25, 0.3) is 0 Å². The fourth-order valence-electron chi connectivity index (χ4n) is 8.16. The monoisotopic (exact) mass is 1030 g/mol. The predicted octanol–water partition coefficient (Wildman–Crippen LogP) is 18.5. The Balaban J connectivity index is 4.14. The first-order valence-corrected chi connectivity index (χ1v) is 31.2. The second-order valence-corrected chi connectivity index (χ2v) is 22.5. The molecule has 418 valence electrons. The summed E-state index contributed by atoms with van der Waals surface area (Å²) in [5.74, 6) is -0.796. The topological polar surface area (TPSA) is 108 Å². The lowest BCUT2D eigenvalue weighted by Gasteiger charge is -2.24. The van der Waals surface area contributed by atoms with Gasteiger partial charge in [-0.05, 0) is 83.5 Å². The number of carbonyl (C=O) groups excluding carboxylic acids is 2. The van der Waals surface area contributed by atoms with Gasteiger partial charge in [-0.25, -0.2) is 4.57 Å². The van der Waals surface area contributed by atoms with E-state index < -0.39 is 26.5 Å². The molecule has 0 rings (SSSR count). The molecule has 0 spiro atoms. The van der Waals surface area contributed by atoms with Crippen LogP contribution in [0.2, 0.25) is 0 Å². The molecular formula is C62H113NO8P+. The summed E-state index contributed by atoms with van der Waals surface area (Å²) < 4.78 is 34.6. The van der Waals surface area contributed by atoms with Crippen molar-refractivity contribution >= 4 is 19.8 Å². The summed E-state index contributed by atoms with van der Waals surface area (Å²) in [6.45, 7) is 4.33. The minimum Gasteiger partial charge on any atom is -0.462 e. The molecule has 0 radical (unpaired) electrons. The standard InChI is InChI=1S/C62H112NO8P/c1-6-8-10-12-14-16-18-20-22-24-26-27-28-29-30-31-32-33-34-35-37-39-41-43-45-47-49-51-53-55-62(65)71-60(59-70-72(66,67)69-57-56-63(3,4)5)58-68-61(64)54-52-50-48-46-44-42-40-38-36-25-23-21-19-17-15-13-11-9-7-2/h8,10,14,16,20-23,26-27,29-30,60H,6-7,9,11-13,15,17-19,24-25,28,31-59H2,1-5H3/p+1/b10-8-,16-14-,22-20-,23-21-,27-26-,30-29-. The summed E-state index contributed by atoms with van der Waals surface area (Å²) in [5.41, 5.74) is 0. The first-order valence-electron chi connectivity index (χ1n) is 29.7. The van der Waals surface area contributed by atoms with Gasteiger partial charge in [0.25, 0.3) is 0 Å². The van der Waals surface area contributed by atoms with Crippen molar-refractivity contribution in [1.29, 1.82) is 0 Å². The summed E-state index contributed by atoms with van der Waals surface area (Å²) in [6, 6.07) is 0. The van der Waals surface area contributed by atoms with Gasteiger partial charge in [0.2, 0.25) is 0 Å². The number of esters is 2. The van der Waals surface area contributed by atoms with Gasteiger partial charge in [-0.15, -0.1) is 0 Å². The molecule has 2 unspecified atom stereocenters. The maximum Gasteiger partial charge on any atom is 0.472 e. The van der Waals surface area contributed by atoms with Crippen LogP contribution >= 0.6 is 7.82 Å². The van der Waals surface area contributed by atoms with Gasteiger partial charge in [-0.1, -0.05) is 234 Å². The Morgan fingerprint density at radius 1 is 0.444 bits per heavy atom. The van der Waals surface area contributed by atoms with Crippen LogP contribution in [-0.4, -0.2) is 74.9 Å². The van der Waals surface area contributed by atoms with Crippen molar-refractivity contribution in [3.05, 3.63) is 72.9 Å². The maximum absolute atomic E-state index is 12.8. The Morgan fingerprint density at radius 2 is 0.792 bits per heavy atom. The number of unbranched alkanes of at least 4 members (excludes halogenated alkanes) is 28. The van der Waals surface area contributed by atoms with Crippen LogP contribution in [0.3, 0.4) is 0 Å². The van der Waals surface area contributed by atoms with Crippen LogP contribution in [0.4, 0.5) is 0 Å². The van der Waals surface area contributed by atoms with E-state index in [0.29, 0.717) is 17.4 Å². The molecule has 72 heavy (non-hydrogen) atoms. The maximum atomic E-state index is 12.8. The van der Waals surface area contributed by atoms with Crippen molar-refractivity contribution in [2.24, 2.45) is 0 Å². The number of phosphoric ester groups is 1. The van der Waals surface area contributed by atoms with Crippen molar-refractivity contribution in [1.82, 2.24) is 0 Å². The summed E-state index contributed by atoms with van der Waals surface area (Å²) in [5, 5.41) is 0. The highest BCUT2D eigenvalue weighted by atomic mass is 31.2. The van der Waals surface area contributed by atoms with Crippen molar-refractivity contribution in [2.75, 3.05) is 47.5 Å².